The fraction of sp³-hybridized carbons (Fsp3) is 0.696. The number of aliphatic hydroxyl groups is 1. The first-order valence-corrected chi connectivity index (χ1v) is 10.7. The predicted molar refractivity (Wildman–Crippen MR) is 107 cm³/mol. The molecule has 0 radical (unpaired) electrons. The highest BCUT2D eigenvalue weighted by Gasteiger charge is 2.40. The Labute approximate surface area is 168 Å². The first-order valence-electron chi connectivity index (χ1n) is 10.7. The summed E-state index contributed by atoms with van der Waals surface area (Å²) in [6.07, 6.45) is 9.25. The van der Waals surface area contributed by atoms with E-state index in [1.807, 2.05) is 24.3 Å². The van der Waals surface area contributed by atoms with Crippen LogP contribution in [0, 0.1) is 5.41 Å². The van der Waals surface area contributed by atoms with Gasteiger partial charge in [-0.05, 0) is 74.5 Å². The molecule has 1 atom stereocenters. The summed E-state index contributed by atoms with van der Waals surface area (Å²) < 4.78 is 11.6. The predicted octanol–water partition coefficient (Wildman–Crippen LogP) is 5.00. The lowest BCUT2D eigenvalue weighted by atomic mass is 9.66. The zero-order valence-electron chi connectivity index (χ0n) is 17.0. The molecule has 0 spiro atoms. The van der Waals surface area contributed by atoms with E-state index in [4.69, 9.17) is 14.6 Å². The molecule has 5 heteroatoms. The summed E-state index contributed by atoms with van der Waals surface area (Å²) in [5, 5.41) is 20.1. The van der Waals surface area contributed by atoms with E-state index in [1.54, 1.807) is 0 Å². The average molecular weight is 391 g/mol. The minimum absolute atomic E-state index is 0.181. The Morgan fingerprint density at radius 2 is 2.00 bits per heavy atom. The number of ether oxygens (including phenoxy) is 2. The summed E-state index contributed by atoms with van der Waals surface area (Å²) in [6.45, 7) is 3.02. The van der Waals surface area contributed by atoms with Gasteiger partial charge in [-0.3, -0.25) is 4.79 Å². The van der Waals surface area contributed by atoms with Crippen LogP contribution in [0.3, 0.4) is 0 Å². The van der Waals surface area contributed by atoms with Gasteiger partial charge in [-0.15, -0.1) is 0 Å². The Balaban J connectivity index is 1.55. The fourth-order valence-electron chi connectivity index (χ4n) is 4.45. The van der Waals surface area contributed by atoms with Crippen molar-refractivity contribution in [1.82, 2.24) is 0 Å². The topological polar surface area (TPSA) is 76.0 Å². The zero-order chi connectivity index (χ0) is 20.0. The van der Waals surface area contributed by atoms with Crippen molar-refractivity contribution in [2.24, 2.45) is 5.41 Å². The van der Waals surface area contributed by atoms with Gasteiger partial charge >= 0.3 is 5.97 Å². The van der Waals surface area contributed by atoms with Gasteiger partial charge in [-0.25, -0.2) is 0 Å². The van der Waals surface area contributed by atoms with Crippen molar-refractivity contribution in [3.05, 3.63) is 29.8 Å². The lowest BCUT2D eigenvalue weighted by molar-refractivity contribution is -0.137. The van der Waals surface area contributed by atoms with E-state index in [0.717, 1.165) is 82.1 Å². The van der Waals surface area contributed by atoms with E-state index in [0.29, 0.717) is 0 Å². The van der Waals surface area contributed by atoms with Crippen LogP contribution in [-0.4, -0.2) is 29.1 Å². The van der Waals surface area contributed by atoms with Gasteiger partial charge < -0.3 is 19.7 Å². The monoisotopic (exact) mass is 390 g/mol. The molecule has 28 heavy (non-hydrogen) atoms. The molecule has 1 saturated heterocycles. The van der Waals surface area contributed by atoms with Crippen molar-refractivity contribution in [3.63, 3.8) is 0 Å². The number of aliphatic carboxylic acids is 1. The molecule has 2 aliphatic rings. The fourth-order valence-corrected chi connectivity index (χ4v) is 4.45. The van der Waals surface area contributed by atoms with E-state index in [2.05, 4.69) is 6.92 Å². The number of carbonyl (C=O) groups is 1. The average Bonchev–Trinajstić information content (AvgIpc) is 2.69. The molecule has 1 unspecified atom stereocenters. The molecule has 1 aromatic rings. The molecule has 3 rings (SSSR count). The summed E-state index contributed by atoms with van der Waals surface area (Å²) in [6, 6.07) is 7.84. The van der Waals surface area contributed by atoms with Crippen LogP contribution in [-0.2, 0) is 15.1 Å². The minimum Gasteiger partial charge on any atom is -0.481 e. The zero-order valence-corrected chi connectivity index (χ0v) is 17.0. The third kappa shape index (κ3) is 5.71. The first-order chi connectivity index (χ1) is 13.4. The van der Waals surface area contributed by atoms with Gasteiger partial charge in [0, 0.05) is 12.8 Å². The number of benzene rings is 1. The number of carboxylic acids is 1. The van der Waals surface area contributed by atoms with Crippen LogP contribution in [0.5, 0.6) is 5.75 Å². The van der Waals surface area contributed by atoms with E-state index in [9.17, 15) is 9.90 Å². The number of rotatable bonds is 8. The van der Waals surface area contributed by atoms with Crippen LogP contribution >= 0.6 is 0 Å². The van der Waals surface area contributed by atoms with Crippen LogP contribution in [0.25, 0.3) is 0 Å². The standard InChI is InChI=1S/C23H34O5/c1-22(11-4-2-9-20(24)25)12-14-23(26,15-13-22)18-7-6-8-19(17-18)28-21-10-3-5-16-27-21/h6-8,17,21,26H,2-5,9-16H2,1H3,(H,24,25). The minimum atomic E-state index is -0.812. The lowest BCUT2D eigenvalue weighted by Gasteiger charge is -2.42. The second-order valence-electron chi connectivity index (χ2n) is 8.88. The van der Waals surface area contributed by atoms with Gasteiger partial charge in [0.25, 0.3) is 0 Å². The van der Waals surface area contributed by atoms with Gasteiger partial charge in [0.15, 0.2) is 6.29 Å². The largest absolute Gasteiger partial charge is 0.481 e. The molecule has 1 aliphatic carbocycles. The molecule has 5 nitrogen and oxygen atoms in total. The summed E-state index contributed by atoms with van der Waals surface area (Å²) in [5.74, 6) is 0.0451. The number of hydrogen-bond donors (Lipinski definition) is 2. The van der Waals surface area contributed by atoms with Crippen LogP contribution in [0.15, 0.2) is 24.3 Å². The van der Waals surface area contributed by atoms with Crippen LogP contribution < -0.4 is 4.74 Å². The lowest BCUT2D eigenvalue weighted by Crippen LogP contribution is -2.36. The summed E-state index contributed by atoms with van der Waals surface area (Å²) in [5.41, 5.74) is 0.302. The van der Waals surface area contributed by atoms with Crippen LogP contribution in [0.2, 0.25) is 0 Å². The van der Waals surface area contributed by atoms with E-state index < -0.39 is 11.6 Å². The molecule has 1 heterocycles. The van der Waals surface area contributed by atoms with Crippen molar-refractivity contribution in [3.8, 4) is 5.75 Å². The van der Waals surface area contributed by atoms with Gasteiger partial charge in [-0.2, -0.15) is 0 Å². The van der Waals surface area contributed by atoms with E-state index in [1.165, 1.54) is 0 Å². The Bertz CT molecular complexity index is 642. The third-order valence-electron chi connectivity index (χ3n) is 6.48. The third-order valence-corrected chi connectivity index (χ3v) is 6.48. The first kappa shape index (κ1) is 21.1. The second-order valence-corrected chi connectivity index (χ2v) is 8.88. The molecular formula is C23H34O5. The highest BCUT2D eigenvalue weighted by Crippen LogP contribution is 2.48. The number of hydrogen-bond acceptors (Lipinski definition) is 4. The normalized spacial score (nSPS) is 30.7. The molecule has 0 bridgehead atoms. The summed E-state index contributed by atoms with van der Waals surface area (Å²) in [7, 11) is 0. The van der Waals surface area contributed by atoms with E-state index >= 15 is 0 Å². The van der Waals surface area contributed by atoms with Gasteiger partial charge in [0.1, 0.15) is 5.75 Å². The molecule has 1 aromatic carbocycles. The molecule has 0 amide bonds. The maximum absolute atomic E-state index is 11.3. The second kappa shape index (κ2) is 9.27. The highest BCUT2D eigenvalue weighted by molar-refractivity contribution is 5.66. The molecule has 1 aliphatic heterocycles. The van der Waals surface area contributed by atoms with Gasteiger partial charge in [0.05, 0.1) is 12.2 Å². The SMILES string of the molecule is CC1(CCCCC(=O)O)CCC(O)(c2cccc(OC3CCCCO3)c2)CC1. The summed E-state index contributed by atoms with van der Waals surface area (Å²) >= 11 is 0. The van der Waals surface area contributed by atoms with Gasteiger partial charge in [0.2, 0.25) is 0 Å². The molecular weight excluding hydrogens is 356 g/mol. The maximum atomic E-state index is 11.3. The van der Waals surface area contributed by atoms with E-state index in [-0.39, 0.29) is 18.1 Å². The molecule has 1 saturated carbocycles. The Kier molecular flexibility index (Phi) is 7.00. The molecule has 156 valence electrons. The Morgan fingerprint density at radius 3 is 2.68 bits per heavy atom. The van der Waals surface area contributed by atoms with Gasteiger partial charge in [-0.1, -0.05) is 25.5 Å². The molecule has 0 aromatic heterocycles. The highest BCUT2D eigenvalue weighted by atomic mass is 16.7. The Hall–Kier alpha value is -1.59. The molecule has 2 N–H and O–H groups in total. The van der Waals surface area contributed by atoms with Crippen molar-refractivity contribution in [2.75, 3.05) is 6.61 Å². The van der Waals surface area contributed by atoms with Crippen LogP contribution in [0.4, 0.5) is 0 Å². The Morgan fingerprint density at radius 1 is 1.21 bits per heavy atom. The van der Waals surface area contributed by atoms with Crippen molar-refractivity contribution < 1.29 is 24.5 Å². The van der Waals surface area contributed by atoms with Crippen molar-refractivity contribution >= 4 is 5.97 Å². The number of carboxylic acid groups (broad SMARTS) is 1. The quantitative estimate of drug-likeness (QED) is 0.611. The summed E-state index contributed by atoms with van der Waals surface area (Å²) in [4.78, 5) is 10.7. The maximum Gasteiger partial charge on any atom is 0.303 e. The van der Waals surface area contributed by atoms with Crippen molar-refractivity contribution in [2.45, 2.75) is 89.4 Å². The molecule has 2 fully saturated rings. The van der Waals surface area contributed by atoms with Crippen LogP contribution in [0.1, 0.15) is 83.1 Å². The van der Waals surface area contributed by atoms with Crippen molar-refractivity contribution in [1.29, 1.82) is 0 Å². The smallest absolute Gasteiger partial charge is 0.303 e. The number of unbranched alkanes of at least 4 members (excludes halogenated alkanes) is 1.